The summed E-state index contributed by atoms with van der Waals surface area (Å²) in [6.45, 7) is 0.810. The highest BCUT2D eigenvalue weighted by atomic mass is 16.5. The average Bonchev–Trinajstić information content (AvgIpc) is 3.57. The van der Waals surface area contributed by atoms with Crippen LogP contribution in [0.2, 0.25) is 0 Å². The third-order valence-electron chi connectivity index (χ3n) is 5.00. The molecule has 0 saturated heterocycles. The van der Waals surface area contributed by atoms with Crippen molar-refractivity contribution in [3.63, 3.8) is 0 Å². The van der Waals surface area contributed by atoms with Crippen molar-refractivity contribution >= 4 is 11.8 Å². The molecule has 0 unspecified atom stereocenters. The molecule has 0 heterocycles. The van der Waals surface area contributed by atoms with Crippen LogP contribution < -0.4 is 14.8 Å². The number of hydrogen-bond donors (Lipinski definition) is 1. The molecule has 1 N–H and O–H groups in total. The van der Waals surface area contributed by atoms with Crippen molar-refractivity contribution in [2.45, 2.75) is 38.3 Å². The normalized spacial score (nSPS) is 12.9. The fourth-order valence-corrected chi connectivity index (χ4v) is 3.29. The minimum Gasteiger partial charge on any atom is -0.497 e. The van der Waals surface area contributed by atoms with Crippen LogP contribution in [0.15, 0.2) is 48.5 Å². The molecule has 1 saturated carbocycles. The van der Waals surface area contributed by atoms with Gasteiger partial charge in [0, 0.05) is 31.1 Å². The van der Waals surface area contributed by atoms with Gasteiger partial charge in [0.1, 0.15) is 11.5 Å². The minimum absolute atomic E-state index is 0.0392. The third kappa shape index (κ3) is 5.98. The molecule has 1 aliphatic carbocycles. The Morgan fingerprint density at radius 3 is 2.48 bits per heavy atom. The smallest absolute Gasteiger partial charge is 0.224 e. The summed E-state index contributed by atoms with van der Waals surface area (Å²) >= 11 is 0. The highest BCUT2D eigenvalue weighted by Gasteiger charge is 2.32. The first-order valence-electron chi connectivity index (χ1n) is 9.91. The molecule has 0 atom stereocenters. The Morgan fingerprint density at radius 2 is 1.83 bits per heavy atom. The number of carbonyl (C=O) groups is 2. The van der Waals surface area contributed by atoms with E-state index in [9.17, 15) is 9.59 Å². The summed E-state index contributed by atoms with van der Waals surface area (Å²) < 4.78 is 10.8. The minimum atomic E-state index is -0.0727. The molecule has 0 bridgehead atoms. The molecule has 6 heteroatoms. The maximum Gasteiger partial charge on any atom is 0.224 e. The Kier molecular flexibility index (Phi) is 7.11. The second kappa shape index (κ2) is 9.96. The molecule has 0 spiro atoms. The van der Waals surface area contributed by atoms with E-state index in [1.54, 1.807) is 14.2 Å². The van der Waals surface area contributed by atoms with Crippen molar-refractivity contribution in [2.75, 3.05) is 20.8 Å². The molecule has 3 rings (SSSR count). The lowest BCUT2D eigenvalue weighted by Gasteiger charge is -2.24. The van der Waals surface area contributed by atoms with Gasteiger partial charge in [-0.2, -0.15) is 0 Å². The number of methoxy groups -OCH3 is 2. The molecular formula is C23H28N2O4. The zero-order valence-electron chi connectivity index (χ0n) is 17.0. The first-order chi connectivity index (χ1) is 14.1. The van der Waals surface area contributed by atoms with Crippen LogP contribution in [0.1, 0.15) is 30.4 Å². The molecule has 6 nitrogen and oxygen atoms in total. The van der Waals surface area contributed by atoms with Crippen LogP contribution in [0, 0.1) is 0 Å². The van der Waals surface area contributed by atoms with Gasteiger partial charge >= 0.3 is 0 Å². The Hall–Kier alpha value is -3.02. The third-order valence-corrected chi connectivity index (χ3v) is 5.00. The number of benzene rings is 2. The van der Waals surface area contributed by atoms with Gasteiger partial charge in [0.15, 0.2) is 0 Å². The summed E-state index contributed by atoms with van der Waals surface area (Å²) in [5, 5.41) is 2.85. The summed E-state index contributed by atoms with van der Waals surface area (Å²) in [6, 6.07) is 15.4. The molecular weight excluding hydrogens is 368 g/mol. The van der Waals surface area contributed by atoms with E-state index in [1.807, 2.05) is 53.4 Å². The highest BCUT2D eigenvalue weighted by molar-refractivity contribution is 5.80. The van der Waals surface area contributed by atoms with Gasteiger partial charge in [-0.25, -0.2) is 0 Å². The standard InChI is InChI=1S/C23H28N2O4/c1-28-20-10-11-21(29-2)18(15-20)16-25(19-8-9-19)23(27)12-13-24-22(26)14-17-6-4-3-5-7-17/h3-7,10-11,15,19H,8-9,12-14,16H2,1-2H3,(H,24,26). The quantitative estimate of drug-likeness (QED) is 0.671. The van der Waals surface area contributed by atoms with Gasteiger partial charge in [0.05, 0.1) is 20.6 Å². The van der Waals surface area contributed by atoms with Gasteiger partial charge in [-0.3, -0.25) is 9.59 Å². The van der Waals surface area contributed by atoms with E-state index in [0.29, 0.717) is 19.5 Å². The van der Waals surface area contributed by atoms with Crippen LogP contribution in [-0.4, -0.2) is 43.5 Å². The molecule has 2 aromatic rings. The summed E-state index contributed by atoms with van der Waals surface area (Å²) in [5.74, 6) is 1.44. The van der Waals surface area contributed by atoms with Crippen LogP contribution in [0.25, 0.3) is 0 Å². The summed E-state index contributed by atoms with van der Waals surface area (Å²) in [7, 11) is 3.24. The lowest BCUT2D eigenvalue weighted by molar-refractivity contribution is -0.132. The first kappa shape index (κ1) is 20.7. The van der Waals surface area contributed by atoms with Crippen molar-refractivity contribution in [2.24, 2.45) is 0 Å². The number of rotatable bonds is 10. The summed E-state index contributed by atoms with van der Waals surface area (Å²) in [4.78, 5) is 26.8. The molecule has 0 radical (unpaired) electrons. The number of ether oxygens (including phenoxy) is 2. The SMILES string of the molecule is COc1ccc(OC)c(CN(C(=O)CCNC(=O)Cc2ccccc2)C2CC2)c1. The van der Waals surface area contributed by atoms with E-state index in [0.717, 1.165) is 35.5 Å². The van der Waals surface area contributed by atoms with Crippen LogP contribution in [-0.2, 0) is 22.6 Å². The maximum atomic E-state index is 12.8. The second-order valence-corrected chi connectivity index (χ2v) is 7.19. The van der Waals surface area contributed by atoms with E-state index in [4.69, 9.17) is 9.47 Å². The van der Waals surface area contributed by atoms with Crippen molar-refractivity contribution < 1.29 is 19.1 Å². The number of carbonyl (C=O) groups excluding carboxylic acids is 2. The van der Waals surface area contributed by atoms with Gasteiger partial charge in [-0.05, 0) is 36.6 Å². The van der Waals surface area contributed by atoms with E-state index < -0.39 is 0 Å². The van der Waals surface area contributed by atoms with Gasteiger partial charge in [-0.1, -0.05) is 30.3 Å². The molecule has 29 heavy (non-hydrogen) atoms. The Balaban J connectivity index is 1.54. The predicted octanol–water partition coefficient (Wildman–Crippen LogP) is 2.94. The Labute approximate surface area is 171 Å². The molecule has 2 aromatic carbocycles. The van der Waals surface area contributed by atoms with Crippen molar-refractivity contribution in [3.05, 3.63) is 59.7 Å². The van der Waals surface area contributed by atoms with E-state index in [2.05, 4.69) is 5.32 Å². The van der Waals surface area contributed by atoms with Crippen molar-refractivity contribution in [1.82, 2.24) is 10.2 Å². The summed E-state index contributed by atoms with van der Waals surface area (Å²) in [6.07, 6.45) is 2.63. The van der Waals surface area contributed by atoms with Crippen molar-refractivity contribution in [3.8, 4) is 11.5 Å². The molecule has 2 amide bonds. The number of hydrogen-bond acceptors (Lipinski definition) is 4. The van der Waals surface area contributed by atoms with Crippen LogP contribution >= 0.6 is 0 Å². The predicted molar refractivity (Wildman–Crippen MR) is 111 cm³/mol. The Morgan fingerprint density at radius 1 is 1.07 bits per heavy atom. The maximum absolute atomic E-state index is 12.8. The fraction of sp³-hybridized carbons (Fsp3) is 0.391. The summed E-state index contributed by atoms with van der Waals surface area (Å²) in [5.41, 5.74) is 1.88. The van der Waals surface area contributed by atoms with E-state index in [1.165, 1.54) is 0 Å². The molecule has 154 valence electrons. The van der Waals surface area contributed by atoms with E-state index in [-0.39, 0.29) is 24.3 Å². The fourth-order valence-electron chi connectivity index (χ4n) is 3.29. The molecule has 1 aliphatic rings. The van der Waals surface area contributed by atoms with Gasteiger partial charge in [0.25, 0.3) is 0 Å². The van der Waals surface area contributed by atoms with E-state index >= 15 is 0 Å². The second-order valence-electron chi connectivity index (χ2n) is 7.19. The molecule has 1 fully saturated rings. The lowest BCUT2D eigenvalue weighted by Crippen LogP contribution is -2.36. The van der Waals surface area contributed by atoms with Crippen LogP contribution in [0.5, 0.6) is 11.5 Å². The van der Waals surface area contributed by atoms with Gasteiger partial charge in [0.2, 0.25) is 11.8 Å². The monoisotopic (exact) mass is 396 g/mol. The largest absolute Gasteiger partial charge is 0.497 e. The number of amides is 2. The average molecular weight is 396 g/mol. The van der Waals surface area contributed by atoms with Gasteiger partial charge in [-0.15, -0.1) is 0 Å². The van der Waals surface area contributed by atoms with Crippen molar-refractivity contribution in [1.29, 1.82) is 0 Å². The number of nitrogens with zero attached hydrogens (tertiary/aromatic N) is 1. The lowest BCUT2D eigenvalue weighted by atomic mass is 10.1. The highest BCUT2D eigenvalue weighted by Crippen LogP contribution is 2.32. The zero-order valence-corrected chi connectivity index (χ0v) is 17.0. The molecule has 0 aromatic heterocycles. The topological polar surface area (TPSA) is 67.9 Å². The van der Waals surface area contributed by atoms with Gasteiger partial charge < -0.3 is 19.7 Å². The molecule has 0 aliphatic heterocycles. The zero-order chi connectivity index (χ0) is 20.6. The van der Waals surface area contributed by atoms with Crippen LogP contribution in [0.4, 0.5) is 0 Å². The first-order valence-corrected chi connectivity index (χ1v) is 9.91. The number of nitrogens with one attached hydrogen (secondary N) is 1. The Bertz CT molecular complexity index is 834. The van der Waals surface area contributed by atoms with Crippen LogP contribution in [0.3, 0.4) is 0 Å².